The van der Waals surface area contributed by atoms with Crippen LogP contribution in [0, 0.1) is 12.7 Å². The summed E-state index contributed by atoms with van der Waals surface area (Å²) in [6.07, 6.45) is 1.14. The van der Waals surface area contributed by atoms with Crippen LogP contribution in [0.15, 0.2) is 42.5 Å². The van der Waals surface area contributed by atoms with Crippen molar-refractivity contribution >= 4 is 0 Å². The van der Waals surface area contributed by atoms with E-state index in [1.807, 2.05) is 37.3 Å². The zero-order valence-corrected chi connectivity index (χ0v) is 10.3. The van der Waals surface area contributed by atoms with E-state index in [2.05, 4.69) is 0 Å². The van der Waals surface area contributed by atoms with Gasteiger partial charge < -0.3 is 5.11 Å². The lowest BCUT2D eigenvalue weighted by Crippen LogP contribution is -2.25. The van der Waals surface area contributed by atoms with Crippen molar-refractivity contribution in [2.75, 3.05) is 0 Å². The highest BCUT2D eigenvalue weighted by Gasteiger charge is 2.40. The second-order valence-electron chi connectivity index (χ2n) is 4.94. The maximum atomic E-state index is 13.7. The van der Waals surface area contributed by atoms with Crippen LogP contribution in [0.4, 0.5) is 4.39 Å². The van der Waals surface area contributed by atoms with Crippen molar-refractivity contribution in [3.05, 3.63) is 70.5 Å². The van der Waals surface area contributed by atoms with Crippen LogP contribution in [0.2, 0.25) is 0 Å². The molecule has 1 atom stereocenters. The fourth-order valence-corrected chi connectivity index (χ4v) is 2.96. The van der Waals surface area contributed by atoms with Gasteiger partial charge in [-0.2, -0.15) is 0 Å². The first-order valence-corrected chi connectivity index (χ1v) is 6.19. The van der Waals surface area contributed by atoms with Gasteiger partial charge >= 0.3 is 0 Å². The molecule has 0 saturated heterocycles. The topological polar surface area (TPSA) is 20.2 Å². The van der Waals surface area contributed by atoms with Gasteiger partial charge in [-0.05, 0) is 48.1 Å². The molecular formula is C16H15FO. The van der Waals surface area contributed by atoms with Crippen LogP contribution in [0.1, 0.15) is 28.7 Å². The van der Waals surface area contributed by atoms with Gasteiger partial charge in [0, 0.05) is 0 Å². The molecule has 0 aliphatic heterocycles. The predicted octanol–water partition coefficient (Wildman–Crippen LogP) is 3.32. The molecule has 1 aliphatic rings. The normalized spacial score (nSPS) is 21.9. The van der Waals surface area contributed by atoms with Gasteiger partial charge in [-0.3, -0.25) is 0 Å². The zero-order valence-electron chi connectivity index (χ0n) is 10.3. The molecule has 0 fully saturated rings. The van der Waals surface area contributed by atoms with E-state index in [4.69, 9.17) is 0 Å². The minimum atomic E-state index is -1.04. The van der Waals surface area contributed by atoms with Gasteiger partial charge in [-0.15, -0.1) is 0 Å². The van der Waals surface area contributed by atoms with Crippen molar-refractivity contribution in [3.63, 3.8) is 0 Å². The van der Waals surface area contributed by atoms with Crippen LogP contribution >= 0.6 is 0 Å². The second-order valence-corrected chi connectivity index (χ2v) is 4.94. The molecule has 0 amide bonds. The monoisotopic (exact) mass is 242 g/mol. The Bertz CT molecular complexity index is 606. The van der Waals surface area contributed by atoms with E-state index in [1.54, 1.807) is 6.07 Å². The van der Waals surface area contributed by atoms with Crippen LogP contribution in [0.5, 0.6) is 0 Å². The molecule has 1 unspecified atom stereocenters. The van der Waals surface area contributed by atoms with Gasteiger partial charge in [0.25, 0.3) is 0 Å². The van der Waals surface area contributed by atoms with E-state index < -0.39 is 5.60 Å². The van der Waals surface area contributed by atoms with Gasteiger partial charge in [0.2, 0.25) is 0 Å². The number of hydrogen-bond acceptors (Lipinski definition) is 1. The summed E-state index contributed by atoms with van der Waals surface area (Å²) in [5, 5.41) is 11.0. The highest BCUT2D eigenvalue weighted by Crippen LogP contribution is 2.43. The smallest absolute Gasteiger partial charge is 0.126 e. The summed E-state index contributed by atoms with van der Waals surface area (Å²) in [6.45, 7) is 1.98. The molecule has 1 nitrogen and oxygen atoms in total. The lowest BCUT2D eigenvalue weighted by Gasteiger charge is -2.26. The molecule has 2 aromatic carbocycles. The number of aryl methyl sites for hydroxylation is 1. The minimum absolute atomic E-state index is 0.211. The average Bonchev–Trinajstić information content (AvgIpc) is 2.70. The van der Waals surface area contributed by atoms with Crippen molar-refractivity contribution in [2.45, 2.75) is 25.4 Å². The van der Waals surface area contributed by atoms with E-state index in [9.17, 15) is 9.50 Å². The number of rotatable bonds is 1. The Balaban J connectivity index is 2.21. The Labute approximate surface area is 106 Å². The number of halogens is 1. The predicted molar refractivity (Wildman–Crippen MR) is 68.9 cm³/mol. The molecule has 0 saturated carbocycles. The van der Waals surface area contributed by atoms with E-state index in [-0.39, 0.29) is 5.82 Å². The number of hydrogen-bond donors (Lipinski definition) is 1. The molecular weight excluding hydrogens is 227 g/mol. The third-order valence-electron chi connectivity index (χ3n) is 3.89. The Morgan fingerprint density at radius 1 is 1.06 bits per heavy atom. The standard InChI is InChI=1S/C16H15FO/c1-11-5-2-3-6-13(11)16(18)10-9-12-14(16)7-4-8-15(12)17/h2-8,18H,9-10H2,1H3. The van der Waals surface area contributed by atoms with Gasteiger partial charge in [0.1, 0.15) is 11.4 Å². The maximum Gasteiger partial charge on any atom is 0.126 e. The molecule has 0 aromatic heterocycles. The molecule has 1 aliphatic carbocycles. The van der Waals surface area contributed by atoms with Crippen molar-refractivity contribution in [2.24, 2.45) is 0 Å². The third kappa shape index (κ3) is 1.49. The van der Waals surface area contributed by atoms with Crippen LogP contribution in [0.25, 0.3) is 0 Å². The number of aliphatic hydroxyl groups is 1. The fraction of sp³-hybridized carbons (Fsp3) is 0.250. The summed E-state index contributed by atoms with van der Waals surface area (Å²) < 4.78 is 13.7. The maximum absolute atomic E-state index is 13.7. The van der Waals surface area contributed by atoms with Crippen molar-refractivity contribution < 1.29 is 9.50 Å². The highest BCUT2D eigenvalue weighted by atomic mass is 19.1. The van der Waals surface area contributed by atoms with E-state index in [1.165, 1.54) is 6.07 Å². The van der Waals surface area contributed by atoms with Gasteiger partial charge in [0.05, 0.1) is 0 Å². The Morgan fingerprint density at radius 3 is 2.56 bits per heavy atom. The van der Waals surface area contributed by atoms with Crippen molar-refractivity contribution in [1.82, 2.24) is 0 Å². The van der Waals surface area contributed by atoms with Crippen LogP contribution < -0.4 is 0 Å². The minimum Gasteiger partial charge on any atom is -0.380 e. The van der Waals surface area contributed by atoms with Gasteiger partial charge in [-0.25, -0.2) is 4.39 Å². The Kier molecular flexibility index (Phi) is 2.49. The van der Waals surface area contributed by atoms with Crippen LogP contribution in [0.3, 0.4) is 0 Å². The fourth-order valence-electron chi connectivity index (χ4n) is 2.96. The van der Waals surface area contributed by atoms with E-state index >= 15 is 0 Å². The molecule has 18 heavy (non-hydrogen) atoms. The van der Waals surface area contributed by atoms with Crippen LogP contribution in [-0.2, 0) is 12.0 Å². The van der Waals surface area contributed by atoms with Crippen molar-refractivity contribution in [3.8, 4) is 0 Å². The lowest BCUT2D eigenvalue weighted by molar-refractivity contribution is 0.0822. The number of fused-ring (bicyclic) bond motifs is 1. The lowest BCUT2D eigenvalue weighted by atomic mass is 9.85. The summed E-state index contributed by atoms with van der Waals surface area (Å²) in [5.74, 6) is -0.211. The molecule has 0 radical (unpaired) electrons. The third-order valence-corrected chi connectivity index (χ3v) is 3.89. The first-order valence-electron chi connectivity index (χ1n) is 6.19. The molecule has 2 heteroatoms. The summed E-state index contributed by atoms with van der Waals surface area (Å²) in [6, 6.07) is 12.7. The Morgan fingerprint density at radius 2 is 1.78 bits per heavy atom. The molecule has 0 spiro atoms. The molecule has 0 heterocycles. The molecule has 3 rings (SSSR count). The summed E-state index contributed by atoms with van der Waals surface area (Å²) >= 11 is 0. The molecule has 0 bridgehead atoms. The van der Waals surface area contributed by atoms with E-state index in [0.29, 0.717) is 18.4 Å². The second kappa shape index (κ2) is 3.92. The number of benzene rings is 2. The quantitative estimate of drug-likeness (QED) is 0.813. The van der Waals surface area contributed by atoms with Gasteiger partial charge in [0.15, 0.2) is 0 Å². The molecule has 92 valence electrons. The summed E-state index contributed by atoms with van der Waals surface area (Å²) in [5.41, 5.74) is 2.26. The first kappa shape index (κ1) is 11.4. The van der Waals surface area contributed by atoms with Gasteiger partial charge in [-0.1, -0.05) is 36.4 Å². The molecule has 1 N–H and O–H groups in total. The van der Waals surface area contributed by atoms with E-state index in [0.717, 1.165) is 16.7 Å². The summed E-state index contributed by atoms with van der Waals surface area (Å²) in [7, 11) is 0. The average molecular weight is 242 g/mol. The first-order chi connectivity index (χ1) is 8.63. The zero-order chi connectivity index (χ0) is 12.8. The van der Waals surface area contributed by atoms with Crippen molar-refractivity contribution in [1.29, 1.82) is 0 Å². The SMILES string of the molecule is Cc1ccccc1C1(O)CCc2c(F)cccc21. The summed E-state index contributed by atoms with van der Waals surface area (Å²) in [4.78, 5) is 0. The largest absolute Gasteiger partial charge is 0.380 e. The molecule has 2 aromatic rings. The highest BCUT2D eigenvalue weighted by molar-refractivity contribution is 5.47. The van der Waals surface area contributed by atoms with Crippen LogP contribution in [-0.4, -0.2) is 5.11 Å². The Hall–Kier alpha value is -1.67.